The normalized spacial score (nSPS) is 20.7. The molecule has 21 heavy (non-hydrogen) atoms. The van der Waals surface area contributed by atoms with Crippen molar-refractivity contribution in [1.82, 2.24) is 4.90 Å². The van der Waals surface area contributed by atoms with Crippen LogP contribution < -0.4 is 0 Å². The average molecular weight is 287 g/mol. The standard InChI is InChI=1S/C17H21NO3/c1-13-10-16(12-21-13)17(20)18(2)11-15-7-5-14(6-8-15)4-3-9-19/h5-8,13,16,19H,9-12H2,1-2H3. The summed E-state index contributed by atoms with van der Waals surface area (Å²) >= 11 is 0. The molecule has 1 aliphatic heterocycles. The van der Waals surface area contributed by atoms with Crippen LogP contribution in [0.1, 0.15) is 24.5 Å². The van der Waals surface area contributed by atoms with Crippen LogP contribution >= 0.6 is 0 Å². The number of amides is 1. The van der Waals surface area contributed by atoms with Crippen molar-refractivity contribution in [2.24, 2.45) is 5.92 Å². The third kappa shape index (κ3) is 4.32. The Bertz CT molecular complexity index is 541. The second kappa shape index (κ2) is 7.26. The van der Waals surface area contributed by atoms with E-state index in [1.165, 1.54) is 0 Å². The van der Waals surface area contributed by atoms with Gasteiger partial charge >= 0.3 is 0 Å². The number of carbonyl (C=O) groups excluding carboxylic acids is 1. The molecule has 0 aliphatic carbocycles. The van der Waals surface area contributed by atoms with E-state index in [0.29, 0.717) is 13.2 Å². The summed E-state index contributed by atoms with van der Waals surface area (Å²) in [5.41, 5.74) is 1.92. The van der Waals surface area contributed by atoms with Gasteiger partial charge in [-0.1, -0.05) is 24.0 Å². The minimum absolute atomic E-state index is 0.0142. The van der Waals surface area contributed by atoms with Crippen molar-refractivity contribution >= 4 is 5.91 Å². The molecule has 1 heterocycles. The van der Waals surface area contributed by atoms with E-state index < -0.39 is 0 Å². The lowest BCUT2D eigenvalue weighted by Gasteiger charge is -2.20. The highest BCUT2D eigenvalue weighted by Crippen LogP contribution is 2.21. The lowest BCUT2D eigenvalue weighted by molar-refractivity contribution is -0.134. The molecule has 1 saturated heterocycles. The van der Waals surface area contributed by atoms with Crippen molar-refractivity contribution in [2.75, 3.05) is 20.3 Å². The summed E-state index contributed by atoms with van der Waals surface area (Å²) in [7, 11) is 1.82. The van der Waals surface area contributed by atoms with E-state index in [1.54, 1.807) is 4.90 Å². The Morgan fingerprint density at radius 2 is 2.14 bits per heavy atom. The molecule has 112 valence electrons. The van der Waals surface area contributed by atoms with Crippen LogP contribution in [0.15, 0.2) is 24.3 Å². The van der Waals surface area contributed by atoms with Gasteiger partial charge in [-0.15, -0.1) is 0 Å². The molecule has 2 rings (SSSR count). The predicted molar refractivity (Wildman–Crippen MR) is 80.4 cm³/mol. The molecule has 0 spiro atoms. The molecule has 0 radical (unpaired) electrons. The number of aliphatic hydroxyl groups is 1. The molecule has 1 amide bonds. The molecule has 0 saturated carbocycles. The molecule has 4 nitrogen and oxygen atoms in total. The van der Waals surface area contributed by atoms with Gasteiger partial charge in [0.1, 0.15) is 6.61 Å². The summed E-state index contributed by atoms with van der Waals surface area (Å²) < 4.78 is 5.46. The Morgan fingerprint density at radius 3 is 2.71 bits per heavy atom. The summed E-state index contributed by atoms with van der Waals surface area (Å²) in [5.74, 6) is 5.59. The van der Waals surface area contributed by atoms with Gasteiger partial charge in [0.05, 0.1) is 18.6 Å². The fourth-order valence-corrected chi connectivity index (χ4v) is 2.49. The van der Waals surface area contributed by atoms with Gasteiger partial charge in [0.2, 0.25) is 5.91 Å². The van der Waals surface area contributed by atoms with E-state index >= 15 is 0 Å². The quantitative estimate of drug-likeness (QED) is 0.855. The number of hydrogen-bond donors (Lipinski definition) is 1. The maximum Gasteiger partial charge on any atom is 0.228 e. The molecule has 1 aromatic rings. The van der Waals surface area contributed by atoms with Crippen molar-refractivity contribution in [3.05, 3.63) is 35.4 Å². The number of carbonyl (C=O) groups is 1. The van der Waals surface area contributed by atoms with E-state index in [4.69, 9.17) is 9.84 Å². The first-order valence-electron chi connectivity index (χ1n) is 7.15. The second-order valence-corrected chi connectivity index (χ2v) is 5.43. The minimum Gasteiger partial charge on any atom is -0.384 e. The van der Waals surface area contributed by atoms with E-state index in [9.17, 15) is 4.79 Å². The highest BCUT2D eigenvalue weighted by Gasteiger charge is 2.30. The summed E-state index contributed by atoms with van der Waals surface area (Å²) in [4.78, 5) is 14.0. The van der Waals surface area contributed by atoms with Crippen LogP contribution in [0.5, 0.6) is 0 Å². The van der Waals surface area contributed by atoms with Crippen LogP contribution in [-0.2, 0) is 16.1 Å². The maximum absolute atomic E-state index is 12.3. The van der Waals surface area contributed by atoms with Crippen molar-refractivity contribution in [2.45, 2.75) is 26.0 Å². The van der Waals surface area contributed by atoms with Crippen molar-refractivity contribution < 1.29 is 14.6 Å². The molecule has 0 aromatic heterocycles. The van der Waals surface area contributed by atoms with Crippen molar-refractivity contribution in [3.8, 4) is 11.8 Å². The molecular weight excluding hydrogens is 266 g/mol. The van der Waals surface area contributed by atoms with Crippen molar-refractivity contribution in [3.63, 3.8) is 0 Å². The molecule has 1 aliphatic rings. The number of rotatable bonds is 3. The van der Waals surface area contributed by atoms with Crippen LogP contribution in [0.25, 0.3) is 0 Å². The van der Waals surface area contributed by atoms with Crippen LogP contribution in [0, 0.1) is 17.8 Å². The smallest absolute Gasteiger partial charge is 0.228 e. The molecular formula is C17H21NO3. The first-order valence-corrected chi connectivity index (χ1v) is 7.15. The molecule has 1 fully saturated rings. The Kier molecular flexibility index (Phi) is 5.38. The van der Waals surface area contributed by atoms with E-state index in [-0.39, 0.29) is 24.5 Å². The predicted octanol–water partition coefficient (Wildman–Crippen LogP) is 1.41. The van der Waals surface area contributed by atoms with Gasteiger partial charge in [-0.2, -0.15) is 0 Å². The molecule has 2 unspecified atom stereocenters. The Balaban J connectivity index is 1.93. The van der Waals surface area contributed by atoms with Gasteiger partial charge in [0.25, 0.3) is 0 Å². The molecule has 1 aromatic carbocycles. The summed E-state index contributed by atoms with van der Waals surface area (Å²) in [6.45, 7) is 2.97. The largest absolute Gasteiger partial charge is 0.384 e. The summed E-state index contributed by atoms with van der Waals surface area (Å²) in [5, 5.41) is 8.66. The lowest BCUT2D eigenvalue weighted by Crippen LogP contribution is -2.32. The number of nitrogens with zero attached hydrogens (tertiary/aromatic N) is 1. The zero-order chi connectivity index (χ0) is 15.2. The Morgan fingerprint density at radius 1 is 1.43 bits per heavy atom. The monoisotopic (exact) mass is 287 g/mol. The summed E-state index contributed by atoms with van der Waals surface area (Å²) in [6, 6.07) is 7.71. The topological polar surface area (TPSA) is 49.8 Å². The molecule has 2 atom stereocenters. The van der Waals surface area contributed by atoms with Crippen LogP contribution in [0.2, 0.25) is 0 Å². The Hall–Kier alpha value is -1.83. The highest BCUT2D eigenvalue weighted by atomic mass is 16.5. The number of benzene rings is 1. The SMILES string of the molecule is CC1CC(C(=O)N(C)Cc2ccc(C#CCO)cc2)CO1. The van der Waals surface area contributed by atoms with E-state index in [0.717, 1.165) is 17.5 Å². The zero-order valence-electron chi connectivity index (χ0n) is 12.5. The van der Waals surface area contributed by atoms with Gasteiger partial charge < -0.3 is 14.7 Å². The molecule has 1 N–H and O–H groups in total. The highest BCUT2D eigenvalue weighted by molar-refractivity contribution is 5.79. The van der Waals surface area contributed by atoms with Crippen LogP contribution in [0.4, 0.5) is 0 Å². The third-order valence-electron chi connectivity index (χ3n) is 3.61. The zero-order valence-corrected chi connectivity index (χ0v) is 12.5. The average Bonchev–Trinajstić information content (AvgIpc) is 2.92. The van der Waals surface area contributed by atoms with Gasteiger partial charge in [-0.25, -0.2) is 0 Å². The molecule has 4 heteroatoms. The number of hydrogen-bond acceptors (Lipinski definition) is 3. The van der Waals surface area contributed by atoms with Gasteiger partial charge in [0, 0.05) is 19.2 Å². The fraction of sp³-hybridized carbons (Fsp3) is 0.471. The molecule has 0 bridgehead atoms. The maximum atomic E-state index is 12.3. The van der Waals surface area contributed by atoms with Crippen LogP contribution in [-0.4, -0.2) is 42.3 Å². The van der Waals surface area contributed by atoms with Gasteiger partial charge in [-0.05, 0) is 31.0 Å². The first-order chi connectivity index (χ1) is 10.1. The number of ether oxygens (including phenoxy) is 1. The van der Waals surface area contributed by atoms with E-state index in [1.807, 2.05) is 38.2 Å². The van der Waals surface area contributed by atoms with Crippen molar-refractivity contribution in [1.29, 1.82) is 0 Å². The lowest BCUT2D eigenvalue weighted by atomic mass is 10.0. The van der Waals surface area contributed by atoms with Gasteiger partial charge in [0.15, 0.2) is 0 Å². The first kappa shape index (κ1) is 15.6. The third-order valence-corrected chi connectivity index (χ3v) is 3.61. The number of aliphatic hydroxyl groups excluding tert-OH is 1. The van der Waals surface area contributed by atoms with Crippen LogP contribution in [0.3, 0.4) is 0 Å². The second-order valence-electron chi connectivity index (χ2n) is 5.43. The van der Waals surface area contributed by atoms with E-state index in [2.05, 4.69) is 11.8 Å². The summed E-state index contributed by atoms with van der Waals surface area (Å²) in [6.07, 6.45) is 0.982. The Labute approximate surface area is 125 Å². The fourth-order valence-electron chi connectivity index (χ4n) is 2.49. The minimum atomic E-state index is -0.138. The van der Waals surface area contributed by atoms with Gasteiger partial charge in [-0.3, -0.25) is 4.79 Å².